The van der Waals surface area contributed by atoms with Crippen LogP contribution in [0.1, 0.15) is 50.2 Å². The lowest BCUT2D eigenvalue weighted by molar-refractivity contribution is 0.468. The summed E-state index contributed by atoms with van der Waals surface area (Å²) in [6, 6.07) is 0.510. The average Bonchev–Trinajstić information content (AvgIpc) is 3.05. The summed E-state index contributed by atoms with van der Waals surface area (Å²) in [5, 5.41) is 3.66. The van der Waals surface area contributed by atoms with Crippen molar-refractivity contribution < 1.29 is 0 Å². The van der Waals surface area contributed by atoms with Gasteiger partial charge in [-0.25, -0.2) is 4.98 Å². The molecule has 1 aromatic rings. The Morgan fingerprint density at radius 1 is 1.50 bits per heavy atom. The fraction of sp³-hybridized carbons (Fsp3) is 0.769. The second-order valence-corrected chi connectivity index (χ2v) is 5.18. The first kappa shape index (κ1) is 10.3. The zero-order chi connectivity index (χ0) is 11.0. The summed E-state index contributed by atoms with van der Waals surface area (Å²) in [5.74, 6) is 2.26. The van der Waals surface area contributed by atoms with E-state index < -0.39 is 0 Å². The number of rotatable bonds is 3. The molecule has 0 radical (unpaired) electrons. The molecule has 1 aliphatic carbocycles. The highest BCUT2D eigenvalue weighted by Crippen LogP contribution is 2.37. The van der Waals surface area contributed by atoms with Crippen LogP contribution in [0.15, 0.2) is 6.20 Å². The molecule has 3 heteroatoms. The lowest BCUT2D eigenvalue weighted by atomic mass is 10.1. The first-order valence-electron chi connectivity index (χ1n) is 6.66. The number of nitrogens with zero attached hydrogens (tertiary/aromatic N) is 2. The van der Waals surface area contributed by atoms with E-state index >= 15 is 0 Å². The third kappa shape index (κ3) is 2.01. The van der Waals surface area contributed by atoms with Crippen LogP contribution in [-0.4, -0.2) is 16.1 Å². The Kier molecular flexibility index (Phi) is 2.72. The van der Waals surface area contributed by atoms with Crippen molar-refractivity contribution in [3.63, 3.8) is 0 Å². The Bertz CT molecular complexity index is 365. The molecule has 0 spiro atoms. The standard InChI is InChI=1S/C13H21N3/c1-2-11-9-16-7-3-6-14-12(13(16)15-11)8-10-4-5-10/h9-10,12,14H,2-8H2,1H3. The summed E-state index contributed by atoms with van der Waals surface area (Å²) in [7, 11) is 0. The summed E-state index contributed by atoms with van der Waals surface area (Å²) in [4.78, 5) is 4.79. The minimum absolute atomic E-state index is 0.510. The summed E-state index contributed by atoms with van der Waals surface area (Å²) in [5.41, 5.74) is 1.25. The summed E-state index contributed by atoms with van der Waals surface area (Å²) in [6.07, 6.45) is 8.69. The van der Waals surface area contributed by atoms with Gasteiger partial charge < -0.3 is 9.88 Å². The molecular formula is C13H21N3. The molecule has 1 atom stereocenters. The molecule has 1 saturated carbocycles. The molecular weight excluding hydrogens is 198 g/mol. The van der Waals surface area contributed by atoms with E-state index in [0.29, 0.717) is 6.04 Å². The molecule has 0 aromatic carbocycles. The number of nitrogens with one attached hydrogen (secondary N) is 1. The maximum atomic E-state index is 4.79. The normalized spacial score (nSPS) is 25.2. The van der Waals surface area contributed by atoms with Crippen LogP contribution in [0.4, 0.5) is 0 Å². The average molecular weight is 219 g/mol. The molecule has 3 rings (SSSR count). The molecule has 1 unspecified atom stereocenters. The monoisotopic (exact) mass is 219 g/mol. The summed E-state index contributed by atoms with van der Waals surface area (Å²) < 4.78 is 2.38. The van der Waals surface area contributed by atoms with Gasteiger partial charge in [-0.15, -0.1) is 0 Å². The van der Waals surface area contributed by atoms with Crippen molar-refractivity contribution in [3.05, 3.63) is 17.7 Å². The summed E-state index contributed by atoms with van der Waals surface area (Å²) in [6.45, 7) is 4.46. The van der Waals surface area contributed by atoms with E-state index in [0.717, 1.165) is 25.4 Å². The fourth-order valence-electron chi connectivity index (χ4n) is 2.61. The Balaban J connectivity index is 1.85. The van der Waals surface area contributed by atoms with Crippen molar-refractivity contribution in [1.82, 2.24) is 14.9 Å². The Labute approximate surface area is 97.3 Å². The van der Waals surface area contributed by atoms with Crippen molar-refractivity contribution in [2.45, 2.75) is 51.6 Å². The molecule has 2 heterocycles. The van der Waals surface area contributed by atoms with Gasteiger partial charge in [-0.3, -0.25) is 0 Å². The van der Waals surface area contributed by atoms with E-state index in [9.17, 15) is 0 Å². The lowest BCUT2D eigenvalue weighted by Gasteiger charge is -2.15. The third-order valence-corrected chi connectivity index (χ3v) is 3.76. The molecule has 16 heavy (non-hydrogen) atoms. The van der Waals surface area contributed by atoms with Crippen LogP contribution in [0.5, 0.6) is 0 Å². The Morgan fingerprint density at radius 2 is 2.38 bits per heavy atom. The topological polar surface area (TPSA) is 29.9 Å². The molecule has 1 aromatic heterocycles. The SMILES string of the molecule is CCc1cn2c(n1)C(CC1CC1)NCCC2. The van der Waals surface area contributed by atoms with Crippen LogP contribution in [0.3, 0.4) is 0 Å². The number of fused-ring (bicyclic) bond motifs is 1. The summed E-state index contributed by atoms with van der Waals surface area (Å²) >= 11 is 0. The molecule has 0 amide bonds. The predicted octanol–water partition coefficient (Wildman–Crippen LogP) is 2.28. The highest BCUT2D eigenvalue weighted by molar-refractivity contribution is 5.09. The molecule has 0 saturated heterocycles. The molecule has 0 bridgehead atoms. The van der Waals surface area contributed by atoms with Gasteiger partial charge in [0.1, 0.15) is 5.82 Å². The molecule has 2 aliphatic rings. The maximum absolute atomic E-state index is 4.79. The largest absolute Gasteiger partial charge is 0.333 e. The minimum atomic E-state index is 0.510. The second kappa shape index (κ2) is 4.21. The first-order chi connectivity index (χ1) is 7.86. The van der Waals surface area contributed by atoms with Crippen LogP contribution in [0, 0.1) is 5.92 Å². The van der Waals surface area contributed by atoms with Crippen molar-refractivity contribution in [2.24, 2.45) is 5.92 Å². The van der Waals surface area contributed by atoms with Gasteiger partial charge in [0, 0.05) is 12.7 Å². The number of hydrogen-bond acceptors (Lipinski definition) is 2. The van der Waals surface area contributed by atoms with Gasteiger partial charge in [-0.1, -0.05) is 19.8 Å². The van der Waals surface area contributed by atoms with Gasteiger partial charge in [0.05, 0.1) is 11.7 Å². The van der Waals surface area contributed by atoms with Gasteiger partial charge in [0.15, 0.2) is 0 Å². The zero-order valence-electron chi connectivity index (χ0n) is 10.1. The van der Waals surface area contributed by atoms with Gasteiger partial charge in [-0.2, -0.15) is 0 Å². The van der Waals surface area contributed by atoms with Crippen molar-refractivity contribution >= 4 is 0 Å². The first-order valence-corrected chi connectivity index (χ1v) is 6.66. The van der Waals surface area contributed by atoms with Gasteiger partial charge in [0.25, 0.3) is 0 Å². The number of aryl methyl sites for hydroxylation is 2. The van der Waals surface area contributed by atoms with Gasteiger partial charge in [0.2, 0.25) is 0 Å². The Hall–Kier alpha value is -0.830. The van der Waals surface area contributed by atoms with E-state index in [1.807, 2.05) is 0 Å². The lowest BCUT2D eigenvalue weighted by Crippen LogP contribution is -2.22. The number of hydrogen-bond donors (Lipinski definition) is 1. The molecule has 3 nitrogen and oxygen atoms in total. The maximum Gasteiger partial charge on any atom is 0.126 e. The van der Waals surface area contributed by atoms with Crippen LogP contribution in [-0.2, 0) is 13.0 Å². The number of aromatic nitrogens is 2. The number of imidazole rings is 1. The smallest absolute Gasteiger partial charge is 0.126 e. The molecule has 1 fully saturated rings. The fourth-order valence-corrected chi connectivity index (χ4v) is 2.61. The van der Waals surface area contributed by atoms with Crippen molar-refractivity contribution in [2.75, 3.05) is 6.54 Å². The second-order valence-electron chi connectivity index (χ2n) is 5.18. The van der Waals surface area contributed by atoms with E-state index in [-0.39, 0.29) is 0 Å². The minimum Gasteiger partial charge on any atom is -0.333 e. The van der Waals surface area contributed by atoms with E-state index in [1.54, 1.807) is 0 Å². The highest BCUT2D eigenvalue weighted by Gasteiger charge is 2.29. The third-order valence-electron chi connectivity index (χ3n) is 3.76. The quantitative estimate of drug-likeness (QED) is 0.845. The van der Waals surface area contributed by atoms with Crippen molar-refractivity contribution in [3.8, 4) is 0 Å². The van der Waals surface area contributed by atoms with E-state index in [2.05, 4.69) is 23.0 Å². The van der Waals surface area contributed by atoms with Crippen LogP contribution in [0.2, 0.25) is 0 Å². The van der Waals surface area contributed by atoms with Gasteiger partial charge >= 0.3 is 0 Å². The van der Waals surface area contributed by atoms with Crippen LogP contribution >= 0.6 is 0 Å². The molecule has 88 valence electrons. The molecule has 1 N–H and O–H groups in total. The highest BCUT2D eigenvalue weighted by atomic mass is 15.1. The van der Waals surface area contributed by atoms with Crippen LogP contribution < -0.4 is 5.32 Å². The van der Waals surface area contributed by atoms with E-state index in [4.69, 9.17) is 4.98 Å². The molecule has 1 aliphatic heterocycles. The van der Waals surface area contributed by atoms with Gasteiger partial charge in [-0.05, 0) is 31.7 Å². The van der Waals surface area contributed by atoms with E-state index in [1.165, 1.54) is 37.2 Å². The van der Waals surface area contributed by atoms with Crippen molar-refractivity contribution in [1.29, 1.82) is 0 Å². The van der Waals surface area contributed by atoms with Crippen LogP contribution in [0.25, 0.3) is 0 Å². The zero-order valence-corrected chi connectivity index (χ0v) is 10.1. The predicted molar refractivity (Wildman–Crippen MR) is 64.3 cm³/mol. The Morgan fingerprint density at radius 3 is 3.12 bits per heavy atom.